The first-order chi connectivity index (χ1) is 15.4. The third-order valence-corrected chi connectivity index (χ3v) is 6.99. The van der Waals surface area contributed by atoms with Crippen LogP contribution in [0, 0.1) is 0 Å². The van der Waals surface area contributed by atoms with E-state index in [-0.39, 0.29) is 0 Å². The van der Waals surface area contributed by atoms with Gasteiger partial charge in [0.05, 0.1) is 13.7 Å². The average Bonchev–Trinajstić information content (AvgIpc) is 3.27. The molecule has 0 unspecified atom stereocenters. The van der Waals surface area contributed by atoms with E-state index >= 15 is 0 Å². The van der Waals surface area contributed by atoms with Crippen LogP contribution in [0.1, 0.15) is 11.5 Å². The Balaban J connectivity index is 1.31. The summed E-state index contributed by atoms with van der Waals surface area (Å²) >= 11 is 5.86. The molecule has 0 atom stereocenters. The first-order valence-electron chi connectivity index (χ1n) is 10.1. The highest BCUT2D eigenvalue weighted by Gasteiger charge is 2.26. The molecule has 1 fully saturated rings. The van der Waals surface area contributed by atoms with E-state index in [1.165, 1.54) is 9.71 Å². The quantitative estimate of drug-likeness (QED) is 0.517. The van der Waals surface area contributed by atoms with Gasteiger partial charge in [-0.2, -0.15) is 9.29 Å². The van der Waals surface area contributed by atoms with Crippen LogP contribution in [0.15, 0.2) is 58.5 Å². The predicted molar refractivity (Wildman–Crippen MR) is 123 cm³/mol. The molecule has 32 heavy (non-hydrogen) atoms. The van der Waals surface area contributed by atoms with Crippen LogP contribution >= 0.6 is 11.6 Å². The lowest BCUT2D eigenvalue weighted by Gasteiger charge is -2.32. The molecule has 0 amide bonds. The second kappa shape index (κ2) is 9.83. The highest BCUT2D eigenvalue weighted by molar-refractivity contribution is 7.92. The summed E-state index contributed by atoms with van der Waals surface area (Å²) in [5, 5.41) is 5.89. The Morgan fingerprint density at radius 3 is 2.41 bits per heavy atom. The number of halogens is 1. The Kier molecular flexibility index (Phi) is 6.90. The molecule has 8 nitrogen and oxygen atoms in total. The van der Waals surface area contributed by atoms with Crippen molar-refractivity contribution in [3.63, 3.8) is 0 Å². The predicted octanol–water partition coefficient (Wildman–Crippen LogP) is 3.52. The van der Waals surface area contributed by atoms with Gasteiger partial charge in [-0.3, -0.25) is 4.90 Å². The number of nitrogens with zero attached hydrogens (tertiary/aromatic N) is 4. The zero-order valence-electron chi connectivity index (χ0n) is 17.5. The summed E-state index contributed by atoms with van der Waals surface area (Å²) in [6.07, 6.45) is 1.58. The number of benzene rings is 2. The van der Waals surface area contributed by atoms with Gasteiger partial charge in [0.25, 0.3) is 0 Å². The lowest BCUT2D eigenvalue weighted by molar-refractivity contribution is 0.164. The molecule has 10 heteroatoms. The zero-order valence-corrected chi connectivity index (χ0v) is 19.1. The maximum absolute atomic E-state index is 12.6. The Morgan fingerprint density at radius 2 is 1.75 bits per heavy atom. The second-order valence-corrected chi connectivity index (χ2v) is 9.57. The van der Waals surface area contributed by atoms with E-state index in [9.17, 15) is 8.42 Å². The molecule has 1 saturated heterocycles. The molecule has 0 saturated carbocycles. The molecule has 2 aromatic carbocycles. The van der Waals surface area contributed by atoms with Crippen molar-refractivity contribution in [2.75, 3.05) is 33.3 Å². The van der Waals surface area contributed by atoms with Crippen molar-refractivity contribution in [1.82, 2.24) is 19.3 Å². The maximum Gasteiger partial charge on any atom is 0.241 e. The number of sulfonamides is 1. The van der Waals surface area contributed by atoms with E-state index in [1.807, 2.05) is 24.3 Å². The normalized spacial score (nSPS) is 15.9. The fourth-order valence-corrected chi connectivity index (χ4v) is 4.63. The van der Waals surface area contributed by atoms with Gasteiger partial charge in [-0.1, -0.05) is 28.9 Å². The van der Waals surface area contributed by atoms with Crippen molar-refractivity contribution in [1.29, 1.82) is 0 Å². The van der Waals surface area contributed by atoms with E-state index in [0.717, 1.165) is 16.9 Å². The van der Waals surface area contributed by atoms with Crippen LogP contribution in [0.5, 0.6) is 5.75 Å². The van der Waals surface area contributed by atoms with E-state index < -0.39 is 10.0 Å². The second-order valence-electron chi connectivity index (χ2n) is 7.31. The molecule has 1 aromatic heterocycles. The Bertz CT molecular complexity index is 1170. The minimum absolute atomic E-state index is 0.396. The van der Waals surface area contributed by atoms with E-state index in [2.05, 4.69) is 15.0 Å². The van der Waals surface area contributed by atoms with Gasteiger partial charge in [-0.05, 0) is 48.0 Å². The Hall–Kier alpha value is -2.72. The minimum atomic E-state index is -3.49. The third kappa shape index (κ3) is 5.55. The summed E-state index contributed by atoms with van der Waals surface area (Å²) in [4.78, 5) is 6.55. The third-order valence-electron chi connectivity index (χ3n) is 5.17. The van der Waals surface area contributed by atoms with Crippen LogP contribution in [-0.2, 0) is 16.6 Å². The first kappa shape index (κ1) is 22.5. The monoisotopic (exact) mass is 474 g/mol. The smallest absolute Gasteiger partial charge is 0.241 e. The van der Waals surface area contributed by atoms with Gasteiger partial charge < -0.3 is 9.26 Å². The highest BCUT2D eigenvalue weighted by Crippen LogP contribution is 2.20. The van der Waals surface area contributed by atoms with Gasteiger partial charge in [-0.15, -0.1) is 0 Å². The largest absolute Gasteiger partial charge is 0.497 e. The van der Waals surface area contributed by atoms with Crippen LogP contribution in [0.2, 0.25) is 5.02 Å². The number of hydrogen-bond acceptors (Lipinski definition) is 7. The summed E-state index contributed by atoms with van der Waals surface area (Å²) in [7, 11) is -1.88. The van der Waals surface area contributed by atoms with Gasteiger partial charge in [0, 0.05) is 42.2 Å². The molecule has 0 N–H and O–H groups in total. The van der Waals surface area contributed by atoms with Crippen molar-refractivity contribution in [3.8, 4) is 17.1 Å². The van der Waals surface area contributed by atoms with Gasteiger partial charge in [0.15, 0.2) is 0 Å². The summed E-state index contributed by atoms with van der Waals surface area (Å²) in [6, 6.07) is 14.4. The van der Waals surface area contributed by atoms with Gasteiger partial charge >= 0.3 is 0 Å². The molecule has 1 aliphatic rings. The van der Waals surface area contributed by atoms with Gasteiger partial charge in [0.1, 0.15) is 5.75 Å². The maximum atomic E-state index is 12.6. The molecular formula is C22H23ClN4O4S. The van der Waals surface area contributed by atoms with Crippen LogP contribution < -0.4 is 4.74 Å². The minimum Gasteiger partial charge on any atom is -0.497 e. The van der Waals surface area contributed by atoms with Crippen LogP contribution in [-0.4, -0.2) is 61.1 Å². The van der Waals surface area contributed by atoms with Crippen molar-refractivity contribution >= 4 is 27.7 Å². The molecule has 0 radical (unpaired) electrons. The number of methoxy groups -OCH3 is 1. The fraction of sp³-hybridized carbons (Fsp3) is 0.273. The zero-order chi connectivity index (χ0) is 22.6. The molecule has 3 aromatic rings. The summed E-state index contributed by atoms with van der Waals surface area (Å²) in [5.41, 5.74) is 1.62. The number of ether oxygens (including phenoxy) is 1. The highest BCUT2D eigenvalue weighted by atomic mass is 35.5. The molecule has 4 rings (SSSR count). The summed E-state index contributed by atoms with van der Waals surface area (Å²) < 4.78 is 37.3. The molecule has 0 aliphatic carbocycles. The van der Waals surface area contributed by atoms with Crippen LogP contribution in [0.25, 0.3) is 17.5 Å². The molecule has 2 heterocycles. The van der Waals surface area contributed by atoms with Crippen molar-refractivity contribution in [3.05, 3.63) is 70.4 Å². The molecule has 1 aliphatic heterocycles. The molecule has 0 spiro atoms. The number of rotatable bonds is 7. The number of aromatic nitrogens is 2. The number of piperazine rings is 1. The first-order valence-corrected chi connectivity index (χ1v) is 11.9. The fourth-order valence-electron chi connectivity index (χ4n) is 3.33. The molecular weight excluding hydrogens is 452 g/mol. The Labute approximate surface area is 192 Å². The standard InChI is InChI=1S/C22H23ClN4O4S/c1-30-20-8-4-18(5-9-20)22-24-21(31-25-22)16-26-11-13-27(14-12-26)32(28,29)15-10-17-2-6-19(23)7-3-17/h2-10,15H,11-14,16H2,1H3/b15-10+. The van der Waals surface area contributed by atoms with Crippen molar-refractivity contribution in [2.24, 2.45) is 0 Å². The topological polar surface area (TPSA) is 88.8 Å². The van der Waals surface area contributed by atoms with E-state index in [4.69, 9.17) is 20.9 Å². The van der Waals surface area contributed by atoms with E-state index in [1.54, 1.807) is 37.5 Å². The van der Waals surface area contributed by atoms with Gasteiger partial charge in [0.2, 0.25) is 21.7 Å². The van der Waals surface area contributed by atoms with Gasteiger partial charge in [-0.25, -0.2) is 8.42 Å². The lowest BCUT2D eigenvalue weighted by Crippen LogP contribution is -2.47. The van der Waals surface area contributed by atoms with E-state index in [0.29, 0.717) is 49.5 Å². The average molecular weight is 475 g/mol. The summed E-state index contributed by atoms with van der Waals surface area (Å²) in [5.74, 6) is 1.76. The van der Waals surface area contributed by atoms with Crippen LogP contribution in [0.3, 0.4) is 0 Å². The van der Waals surface area contributed by atoms with Crippen molar-refractivity contribution < 1.29 is 17.7 Å². The SMILES string of the molecule is COc1ccc(-c2noc(CN3CCN(S(=O)(=O)/C=C/c4ccc(Cl)cc4)CC3)n2)cc1. The molecule has 0 bridgehead atoms. The summed E-state index contributed by atoms with van der Waals surface area (Å²) in [6.45, 7) is 2.42. The molecule has 168 valence electrons. The van der Waals surface area contributed by atoms with Crippen LogP contribution in [0.4, 0.5) is 0 Å². The lowest BCUT2D eigenvalue weighted by atomic mass is 10.2. The van der Waals surface area contributed by atoms with Crippen molar-refractivity contribution in [2.45, 2.75) is 6.54 Å². The Morgan fingerprint density at radius 1 is 1.06 bits per heavy atom. The number of hydrogen-bond donors (Lipinski definition) is 0.